The number of fused-ring (bicyclic) bond motifs is 1. The standard InChI is InChI=1S/C37H40F3N7O2/c1-23(2)27-6-8-32-33(42-21-27)36(45-34(44-32)26-9-11-41-12-10-26)49-30-7-5-24(3)31(20-30)35(48)43-29-18-25(17-28(19-29)37(38,39)40)22-47-15-13-46(4)14-16-47/h5,7,9-12,17-21,23,27H,6,8,13-16,22H2,1-4H3,(H,43,48). The molecule has 1 N–H and O–H groups in total. The van der Waals surface area contributed by atoms with E-state index in [2.05, 4.69) is 33.9 Å². The predicted octanol–water partition coefficient (Wildman–Crippen LogP) is 7.58. The van der Waals surface area contributed by atoms with Gasteiger partial charge in [0.2, 0.25) is 5.88 Å². The van der Waals surface area contributed by atoms with E-state index in [0.717, 1.165) is 56.0 Å². The van der Waals surface area contributed by atoms with Gasteiger partial charge in [-0.1, -0.05) is 19.9 Å². The third-order valence-corrected chi connectivity index (χ3v) is 9.08. The van der Waals surface area contributed by atoms with Crippen molar-refractivity contribution in [3.05, 3.63) is 88.9 Å². The van der Waals surface area contributed by atoms with Gasteiger partial charge in [-0.05, 0) is 92.2 Å². The van der Waals surface area contributed by atoms with E-state index in [1.165, 1.54) is 0 Å². The van der Waals surface area contributed by atoms with Gasteiger partial charge in [-0.3, -0.25) is 19.7 Å². The third-order valence-electron chi connectivity index (χ3n) is 9.08. The first-order valence-corrected chi connectivity index (χ1v) is 16.5. The van der Waals surface area contributed by atoms with E-state index in [-0.39, 0.29) is 23.0 Å². The Kier molecular flexibility index (Phi) is 10.1. The van der Waals surface area contributed by atoms with Crippen molar-refractivity contribution in [2.45, 2.75) is 46.3 Å². The van der Waals surface area contributed by atoms with Crippen molar-refractivity contribution in [1.82, 2.24) is 24.8 Å². The van der Waals surface area contributed by atoms with Crippen LogP contribution in [-0.4, -0.2) is 70.1 Å². The van der Waals surface area contributed by atoms with Gasteiger partial charge in [0.25, 0.3) is 5.91 Å². The Hall–Kier alpha value is -4.68. The van der Waals surface area contributed by atoms with Gasteiger partial charge >= 0.3 is 6.18 Å². The van der Waals surface area contributed by atoms with Crippen LogP contribution in [-0.2, 0) is 19.1 Å². The molecule has 0 aliphatic carbocycles. The van der Waals surface area contributed by atoms with Crippen LogP contribution in [0.3, 0.4) is 0 Å². The summed E-state index contributed by atoms with van der Waals surface area (Å²) in [6.07, 6.45) is 2.26. The van der Waals surface area contributed by atoms with Crippen LogP contribution in [0, 0.1) is 18.8 Å². The molecule has 256 valence electrons. The number of rotatable bonds is 8. The van der Waals surface area contributed by atoms with Gasteiger partial charge in [0.05, 0.1) is 11.3 Å². The van der Waals surface area contributed by atoms with E-state index in [1.54, 1.807) is 43.6 Å². The maximum atomic E-state index is 13.9. The molecule has 9 nitrogen and oxygen atoms in total. The fourth-order valence-corrected chi connectivity index (χ4v) is 6.04. The average molecular weight is 672 g/mol. The zero-order valence-corrected chi connectivity index (χ0v) is 28.1. The van der Waals surface area contributed by atoms with E-state index < -0.39 is 17.6 Å². The number of benzene rings is 2. The minimum absolute atomic E-state index is 0.0758. The SMILES string of the molecule is Cc1ccc(Oc2nc(-c3ccncc3)nc3c2N=CC(C(C)C)CC3)cc1C(=O)Nc1cc(CN2CCN(C)CC2)cc(C(F)(F)F)c1. The summed E-state index contributed by atoms with van der Waals surface area (Å²) in [5.41, 5.74) is 2.71. The molecule has 1 unspecified atom stereocenters. The van der Waals surface area contributed by atoms with Gasteiger partial charge in [0.15, 0.2) is 5.82 Å². The Morgan fingerprint density at radius 1 is 1.02 bits per heavy atom. The average Bonchev–Trinajstić information content (AvgIpc) is 3.30. The maximum absolute atomic E-state index is 13.9. The van der Waals surface area contributed by atoms with Gasteiger partial charge in [-0.25, -0.2) is 4.98 Å². The number of aryl methyl sites for hydroxylation is 2. The second-order valence-corrected chi connectivity index (χ2v) is 13.1. The van der Waals surface area contributed by atoms with Crippen molar-refractivity contribution in [3.63, 3.8) is 0 Å². The van der Waals surface area contributed by atoms with Gasteiger partial charge in [0, 0.05) is 68.1 Å². The van der Waals surface area contributed by atoms with Crippen LogP contribution in [0.15, 0.2) is 65.9 Å². The summed E-state index contributed by atoms with van der Waals surface area (Å²) in [6, 6.07) is 12.4. The molecule has 0 saturated carbocycles. The Bertz CT molecular complexity index is 1840. The van der Waals surface area contributed by atoms with Gasteiger partial charge in [0.1, 0.15) is 11.4 Å². The number of ether oxygens (including phenoxy) is 1. The van der Waals surface area contributed by atoms with Crippen LogP contribution >= 0.6 is 0 Å². The van der Waals surface area contributed by atoms with Crippen LogP contribution in [0.1, 0.15) is 53.0 Å². The molecular weight excluding hydrogens is 631 g/mol. The molecule has 6 rings (SSSR count). The highest BCUT2D eigenvalue weighted by molar-refractivity contribution is 6.05. The molecule has 0 radical (unpaired) electrons. The topological polar surface area (TPSA) is 95.8 Å². The number of alkyl halides is 3. The lowest BCUT2D eigenvalue weighted by Gasteiger charge is -2.32. The van der Waals surface area contributed by atoms with Gasteiger partial charge in [-0.15, -0.1) is 0 Å². The Balaban J connectivity index is 1.29. The van der Waals surface area contributed by atoms with Crippen LogP contribution in [0.2, 0.25) is 0 Å². The maximum Gasteiger partial charge on any atom is 0.416 e. The van der Waals surface area contributed by atoms with Crippen LogP contribution in [0.25, 0.3) is 11.4 Å². The summed E-state index contributed by atoms with van der Waals surface area (Å²) < 4.78 is 48.1. The predicted molar refractivity (Wildman–Crippen MR) is 183 cm³/mol. The quantitative estimate of drug-likeness (QED) is 0.206. The number of hydrogen-bond donors (Lipinski definition) is 1. The summed E-state index contributed by atoms with van der Waals surface area (Å²) in [5, 5.41) is 2.72. The lowest BCUT2D eigenvalue weighted by molar-refractivity contribution is -0.137. The van der Waals surface area contributed by atoms with Crippen LogP contribution < -0.4 is 10.1 Å². The number of anilines is 1. The highest BCUT2D eigenvalue weighted by Gasteiger charge is 2.32. The van der Waals surface area contributed by atoms with Gasteiger partial charge in [-0.2, -0.15) is 18.2 Å². The minimum atomic E-state index is -4.57. The summed E-state index contributed by atoms with van der Waals surface area (Å²) in [7, 11) is 2.02. The molecule has 2 aliphatic heterocycles. The number of aliphatic imine (C=N–C) groups is 1. The monoisotopic (exact) mass is 671 g/mol. The highest BCUT2D eigenvalue weighted by Crippen LogP contribution is 2.38. The number of nitrogens with zero attached hydrogens (tertiary/aromatic N) is 6. The number of carbonyl (C=O) groups is 1. The van der Waals surface area contributed by atoms with E-state index in [4.69, 9.17) is 19.7 Å². The third kappa shape index (κ3) is 8.31. The van der Waals surface area contributed by atoms with E-state index >= 15 is 0 Å². The molecule has 0 bridgehead atoms. The summed E-state index contributed by atoms with van der Waals surface area (Å²) in [4.78, 5) is 36.4. The van der Waals surface area contributed by atoms with Crippen molar-refractivity contribution in [2.24, 2.45) is 16.8 Å². The van der Waals surface area contributed by atoms with Crippen molar-refractivity contribution in [2.75, 3.05) is 38.5 Å². The molecule has 12 heteroatoms. The number of pyridine rings is 1. The zero-order chi connectivity index (χ0) is 34.7. The minimum Gasteiger partial charge on any atom is -0.437 e. The lowest BCUT2D eigenvalue weighted by atomic mass is 9.92. The number of piperazine rings is 1. The molecule has 49 heavy (non-hydrogen) atoms. The summed E-state index contributed by atoms with van der Waals surface area (Å²) in [6.45, 7) is 9.62. The van der Waals surface area contributed by atoms with E-state index in [9.17, 15) is 18.0 Å². The zero-order valence-electron chi connectivity index (χ0n) is 28.1. The molecule has 4 heterocycles. The first-order chi connectivity index (χ1) is 23.4. The number of carbonyl (C=O) groups excluding carboxylic acids is 1. The number of halogens is 3. The number of amides is 1. The summed E-state index contributed by atoms with van der Waals surface area (Å²) in [5.74, 6) is 1.16. The smallest absolute Gasteiger partial charge is 0.416 e. The van der Waals surface area contributed by atoms with E-state index in [1.807, 2.05) is 25.4 Å². The van der Waals surface area contributed by atoms with Crippen molar-refractivity contribution in [1.29, 1.82) is 0 Å². The number of hydrogen-bond acceptors (Lipinski definition) is 8. The van der Waals surface area contributed by atoms with Crippen molar-refractivity contribution in [3.8, 4) is 23.0 Å². The summed E-state index contributed by atoms with van der Waals surface area (Å²) >= 11 is 0. The first-order valence-electron chi connectivity index (χ1n) is 16.5. The van der Waals surface area contributed by atoms with Crippen molar-refractivity contribution >= 4 is 23.5 Å². The largest absolute Gasteiger partial charge is 0.437 e. The molecule has 2 aromatic carbocycles. The fourth-order valence-electron chi connectivity index (χ4n) is 6.04. The second-order valence-electron chi connectivity index (χ2n) is 13.1. The molecule has 2 aliphatic rings. The molecule has 2 aromatic heterocycles. The fraction of sp³-hybridized carbons (Fsp3) is 0.378. The normalized spacial score (nSPS) is 17.1. The highest BCUT2D eigenvalue weighted by atomic mass is 19.4. The molecule has 4 aromatic rings. The molecule has 1 saturated heterocycles. The first kappa shape index (κ1) is 34.2. The van der Waals surface area contributed by atoms with Crippen LogP contribution in [0.5, 0.6) is 11.6 Å². The van der Waals surface area contributed by atoms with Crippen LogP contribution in [0.4, 0.5) is 24.5 Å². The molecule has 1 fully saturated rings. The number of nitrogens with one attached hydrogen (secondary N) is 1. The molecular formula is C37H40F3N7O2. The Morgan fingerprint density at radius 3 is 2.49 bits per heavy atom. The molecule has 1 amide bonds. The van der Waals surface area contributed by atoms with E-state index in [0.29, 0.717) is 47.3 Å². The second kappa shape index (κ2) is 14.4. The lowest BCUT2D eigenvalue weighted by Crippen LogP contribution is -2.43. The van der Waals surface area contributed by atoms with Crippen molar-refractivity contribution < 1.29 is 22.7 Å². The van der Waals surface area contributed by atoms with Gasteiger partial charge < -0.3 is 15.0 Å². The Morgan fingerprint density at radius 2 is 1.78 bits per heavy atom. The molecule has 0 spiro atoms. The number of aromatic nitrogens is 3. The number of likely N-dealkylation sites (N-methyl/N-ethyl adjacent to an activating group) is 1. The molecule has 1 atom stereocenters. The Labute approximate surface area is 284 Å².